The molecule has 0 spiro atoms. The molecule has 0 radical (unpaired) electrons. The predicted molar refractivity (Wildman–Crippen MR) is 76.1 cm³/mol. The van der Waals surface area contributed by atoms with Gasteiger partial charge in [0.2, 0.25) is 0 Å². The summed E-state index contributed by atoms with van der Waals surface area (Å²) in [6, 6.07) is 15.0. The topological polar surface area (TPSA) is 63.3 Å². The Bertz CT molecular complexity index is 558. The Balaban J connectivity index is 2.23. The Hall–Kier alpha value is -2.29. The van der Waals surface area contributed by atoms with Gasteiger partial charge >= 0.3 is 5.97 Å². The molecule has 98 valence electrons. The smallest absolute Gasteiger partial charge is 0.311 e. The van der Waals surface area contributed by atoms with Gasteiger partial charge < -0.3 is 10.8 Å². The van der Waals surface area contributed by atoms with Gasteiger partial charge in [0.25, 0.3) is 0 Å². The minimum Gasteiger partial charge on any atom is -0.481 e. The molecule has 0 amide bonds. The van der Waals surface area contributed by atoms with E-state index >= 15 is 0 Å². The lowest BCUT2D eigenvalue weighted by atomic mass is 9.91. The summed E-state index contributed by atoms with van der Waals surface area (Å²) in [6.07, 6.45) is 0.471. The number of nitrogen functional groups attached to an aromatic ring is 1. The summed E-state index contributed by atoms with van der Waals surface area (Å²) in [4.78, 5) is 11.4. The van der Waals surface area contributed by atoms with E-state index in [2.05, 4.69) is 0 Å². The second kappa shape index (κ2) is 5.57. The summed E-state index contributed by atoms with van der Waals surface area (Å²) in [5.41, 5.74) is 9.24. The molecule has 0 aliphatic carbocycles. The zero-order valence-electron chi connectivity index (χ0n) is 10.8. The lowest BCUT2D eigenvalue weighted by Crippen LogP contribution is -2.14. The molecule has 0 aromatic heterocycles. The van der Waals surface area contributed by atoms with Crippen molar-refractivity contribution in [1.29, 1.82) is 0 Å². The van der Waals surface area contributed by atoms with Crippen LogP contribution < -0.4 is 5.73 Å². The van der Waals surface area contributed by atoms with E-state index in [1.54, 1.807) is 12.1 Å². The minimum absolute atomic E-state index is 0.471. The van der Waals surface area contributed by atoms with Gasteiger partial charge in [-0.15, -0.1) is 0 Å². The highest BCUT2D eigenvalue weighted by atomic mass is 16.4. The van der Waals surface area contributed by atoms with E-state index in [0.717, 1.165) is 16.7 Å². The lowest BCUT2D eigenvalue weighted by Gasteiger charge is -2.13. The standard InChI is InChI=1S/C16H17NO2/c1-11-2-6-13(7-3-11)15(16(18)19)10-12-4-8-14(17)9-5-12/h2-9,15H,10,17H2,1H3,(H,18,19). The summed E-state index contributed by atoms with van der Waals surface area (Å²) in [6.45, 7) is 1.99. The number of hydrogen-bond donors (Lipinski definition) is 2. The molecule has 0 aliphatic heterocycles. The quantitative estimate of drug-likeness (QED) is 0.825. The molecule has 3 heteroatoms. The molecule has 19 heavy (non-hydrogen) atoms. The molecule has 0 aliphatic rings. The first kappa shape index (κ1) is 13.1. The number of hydrogen-bond acceptors (Lipinski definition) is 2. The lowest BCUT2D eigenvalue weighted by molar-refractivity contribution is -0.138. The molecular weight excluding hydrogens is 238 g/mol. The number of carboxylic acids is 1. The summed E-state index contributed by atoms with van der Waals surface area (Å²) in [5.74, 6) is -1.33. The monoisotopic (exact) mass is 255 g/mol. The molecule has 0 heterocycles. The molecule has 0 bridgehead atoms. The van der Waals surface area contributed by atoms with Gasteiger partial charge in [-0.25, -0.2) is 0 Å². The first-order valence-electron chi connectivity index (χ1n) is 6.20. The molecule has 2 aromatic carbocycles. The number of nitrogens with two attached hydrogens (primary N) is 1. The Morgan fingerprint density at radius 3 is 2.21 bits per heavy atom. The van der Waals surface area contributed by atoms with Crippen LogP contribution in [-0.2, 0) is 11.2 Å². The third-order valence-corrected chi connectivity index (χ3v) is 3.20. The Kier molecular flexibility index (Phi) is 3.85. The van der Waals surface area contributed by atoms with Gasteiger partial charge in [0, 0.05) is 5.69 Å². The molecule has 1 atom stereocenters. The first-order valence-corrected chi connectivity index (χ1v) is 6.20. The van der Waals surface area contributed by atoms with Crippen LogP contribution >= 0.6 is 0 Å². The summed E-state index contributed by atoms with van der Waals surface area (Å²) < 4.78 is 0. The zero-order chi connectivity index (χ0) is 13.8. The Morgan fingerprint density at radius 1 is 1.11 bits per heavy atom. The van der Waals surface area contributed by atoms with Crippen molar-refractivity contribution in [3.8, 4) is 0 Å². The molecule has 2 aromatic rings. The van der Waals surface area contributed by atoms with Crippen LogP contribution in [0.4, 0.5) is 5.69 Å². The number of carboxylic acid groups (broad SMARTS) is 1. The summed E-state index contributed by atoms with van der Waals surface area (Å²) >= 11 is 0. The Labute approximate surface area is 112 Å². The van der Waals surface area contributed by atoms with E-state index in [-0.39, 0.29) is 0 Å². The molecule has 1 unspecified atom stereocenters. The average molecular weight is 255 g/mol. The van der Waals surface area contributed by atoms with Crippen molar-refractivity contribution in [2.75, 3.05) is 5.73 Å². The number of carbonyl (C=O) groups is 1. The van der Waals surface area contributed by atoms with Crippen LogP contribution in [-0.4, -0.2) is 11.1 Å². The minimum atomic E-state index is -0.805. The van der Waals surface area contributed by atoms with Crippen molar-refractivity contribution in [3.63, 3.8) is 0 Å². The normalized spacial score (nSPS) is 12.1. The average Bonchev–Trinajstić information content (AvgIpc) is 2.39. The second-order valence-electron chi connectivity index (χ2n) is 4.75. The molecular formula is C16H17NO2. The maximum Gasteiger partial charge on any atom is 0.311 e. The van der Waals surface area contributed by atoms with Crippen molar-refractivity contribution < 1.29 is 9.90 Å². The van der Waals surface area contributed by atoms with Gasteiger partial charge in [0.1, 0.15) is 0 Å². The number of anilines is 1. The van der Waals surface area contributed by atoms with Crippen LogP contribution in [0.5, 0.6) is 0 Å². The molecule has 3 N–H and O–H groups in total. The first-order chi connectivity index (χ1) is 9.06. The van der Waals surface area contributed by atoms with Gasteiger partial charge in [-0.1, -0.05) is 42.0 Å². The third-order valence-electron chi connectivity index (χ3n) is 3.20. The fourth-order valence-electron chi connectivity index (χ4n) is 2.04. The van der Waals surface area contributed by atoms with E-state index in [1.165, 1.54) is 0 Å². The van der Waals surface area contributed by atoms with E-state index < -0.39 is 11.9 Å². The predicted octanol–water partition coefficient (Wildman–Crippen LogP) is 2.99. The van der Waals surface area contributed by atoms with Crippen molar-refractivity contribution >= 4 is 11.7 Å². The van der Waals surface area contributed by atoms with E-state index in [1.807, 2.05) is 43.3 Å². The van der Waals surface area contributed by atoms with Crippen molar-refractivity contribution in [2.45, 2.75) is 19.3 Å². The van der Waals surface area contributed by atoms with Gasteiger partial charge in [-0.2, -0.15) is 0 Å². The third kappa shape index (κ3) is 3.35. The molecule has 2 rings (SSSR count). The van der Waals surface area contributed by atoms with E-state index in [4.69, 9.17) is 5.73 Å². The molecule has 3 nitrogen and oxygen atoms in total. The summed E-state index contributed by atoms with van der Waals surface area (Å²) in [5, 5.41) is 9.39. The van der Waals surface area contributed by atoms with E-state index in [9.17, 15) is 9.90 Å². The fraction of sp³-hybridized carbons (Fsp3) is 0.188. The van der Waals surface area contributed by atoms with Crippen LogP contribution in [0, 0.1) is 6.92 Å². The van der Waals surface area contributed by atoms with Gasteiger partial charge in [0.05, 0.1) is 5.92 Å². The largest absolute Gasteiger partial charge is 0.481 e. The SMILES string of the molecule is Cc1ccc(C(Cc2ccc(N)cc2)C(=O)O)cc1. The van der Waals surface area contributed by atoms with Crippen LogP contribution in [0.3, 0.4) is 0 Å². The highest BCUT2D eigenvalue weighted by Crippen LogP contribution is 2.22. The van der Waals surface area contributed by atoms with Gasteiger partial charge in [-0.05, 0) is 36.6 Å². The van der Waals surface area contributed by atoms with Crippen LogP contribution in [0.25, 0.3) is 0 Å². The number of rotatable bonds is 4. The highest BCUT2D eigenvalue weighted by molar-refractivity contribution is 5.76. The fourth-order valence-corrected chi connectivity index (χ4v) is 2.04. The van der Waals surface area contributed by atoms with Crippen molar-refractivity contribution in [3.05, 3.63) is 65.2 Å². The number of aryl methyl sites for hydroxylation is 1. The Morgan fingerprint density at radius 2 is 1.68 bits per heavy atom. The number of benzene rings is 2. The molecule has 0 fully saturated rings. The zero-order valence-corrected chi connectivity index (χ0v) is 10.8. The summed E-state index contributed by atoms with van der Waals surface area (Å²) in [7, 11) is 0. The maximum absolute atomic E-state index is 11.4. The maximum atomic E-state index is 11.4. The second-order valence-corrected chi connectivity index (χ2v) is 4.75. The van der Waals surface area contributed by atoms with Gasteiger partial charge in [0.15, 0.2) is 0 Å². The van der Waals surface area contributed by atoms with Crippen LogP contribution in [0.1, 0.15) is 22.6 Å². The van der Waals surface area contributed by atoms with Crippen LogP contribution in [0.2, 0.25) is 0 Å². The van der Waals surface area contributed by atoms with E-state index in [0.29, 0.717) is 12.1 Å². The van der Waals surface area contributed by atoms with Gasteiger partial charge in [-0.3, -0.25) is 4.79 Å². The highest BCUT2D eigenvalue weighted by Gasteiger charge is 2.20. The van der Waals surface area contributed by atoms with Crippen molar-refractivity contribution in [1.82, 2.24) is 0 Å². The number of aliphatic carboxylic acids is 1. The van der Waals surface area contributed by atoms with Crippen LogP contribution in [0.15, 0.2) is 48.5 Å². The molecule has 0 saturated heterocycles. The molecule has 0 saturated carbocycles. The van der Waals surface area contributed by atoms with Crippen molar-refractivity contribution in [2.24, 2.45) is 0 Å².